The summed E-state index contributed by atoms with van der Waals surface area (Å²) in [6.07, 6.45) is 0.814. The predicted molar refractivity (Wildman–Crippen MR) is 95.9 cm³/mol. The fourth-order valence-corrected chi connectivity index (χ4v) is 4.43. The summed E-state index contributed by atoms with van der Waals surface area (Å²) >= 11 is 1.58. The van der Waals surface area contributed by atoms with Gasteiger partial charge in [0.05, 0.1) is 18.1 Å². The van der Waals surface area contributed by atoms with Gasteiger partial charge in [0.25, 0.3) is 11.8 Å². The zero-order valence-electron chi connectivity index (χ0n) is 13.9. The lowest BCUT2D eigenvalue weighted by Gasteiger charge is -2.27. The van der Waals surface area contributed by atoms with Gasteiger partial charge in [0, 0.05) is 36.6 Å². The second-order valence-corrected chi connectivity index (χ2v) is 7.44. The molecule has 0 saturated carbocycles. The van der Waals surface area contributed by atoms with E-state index in [0.29, 0.717) is 45.0 Å². The van der Waals surface area contributed by atoms with Gasteiger partial charge >= 0.3 is 0 Å². The fraction of sp³-hybridized carbons (Fsp3) is 0.368. The number of nitrogens with zero attached hydrogens (tertiary/aromatic N) is 2. The lowest BCUT2D eigenvalue weighted by atomic mass is 10.1. The molecule has 0 N–H and O–H groups in total. The number of fused-ring (bicyclic) bond motifs is 1. The maximum atomic E-state index is 12.7. The zero-order chi connectivity index (χ0) is 17.2. The highest BCUT2D eigenvalue weighted by Gasteiger charge is 2.27. The number of hydrogen-bond acceptors (Lipinski definition) is 4. The Morgan fingerprint density at radius 1 is 0.960 bits per heavy atom. The monoisotopic (exact) mass is 356 g/mol. The summed E-state index contributed by atoms with van der Waals surface area (Å²) in [6.45, 7) is 3.80. The van der Waals surface area contributed by atoms with Crippen molar-refractivity contribution in [3.8, 4) is 0 Å². The van der Waals surface area contributed by atoms with Crippen molar-refractivity contribution in [2.45, 2.75) is 13.0 Å². The van der Waals surface area contributed by atoms with Gasteiger partial charge in [-0.05, 0) is 30.2 Å². The van der Waals surface area contributed by atoms with E-state index in [1.807, 2.05) is 46.2 Å². The van der Waals surface area contributed by atoms with Crippen LogP contribution in [-0.4, -0.2) is 54.5 Å². The van der Waals surface area contributed by atoms with Crippen LogP contribution in [0, 0.1) is 0 Å². The Kier molecular flexibility index (Phi) is 4.55. The van der Waals surface area contributed by atoms with Crippen LogP contribution < -0.4 is 0 Å². The molecule has 1 saturated heterocycles. The third-order valence-corrected chi connectivity index (χ3v) is 5.91. The van der Waals surface area contributed by atoms with Gasteiger partial charge in [0.1, 0.15) is 0 Å². The van der Waals surface area contributed by atoms with E-state index in [0.717, 1.165) is 16.9 Å². The van der Waals surface area contributed by atoms with Gasteiger partial charge in [0.15, 0.2) is 0 Å². The maximum Gasteiger partial charge on any atom is 0.264 e. The Morgan fingerprint density at radius 3 is 2.48 bits per heavy atom. The lowest BCUT2D eigenvalue weighted by molar-refractivity contribution is 0.0306. The normalized spacial score (nSPS) is 17.3. The van der Waals surface area contributed by atoms with Gasteiger partial charge in [-0.1, -0.05) is 18.2 Å². The SMILES string of the molecule is O=C(c1ccccc1)N1CCc2sc(C(=O)N3CCOCC3)cc2C1. The Balaban J connectivity index is 1.49. The second kappa shape index (κ2) is 6.98. The third kappa shape index (κ3) is 3.32. The van der Waals surface area contributed by atoms with Crippen LogP contribution in [0.5, 0.6) is 0 Å². The number of carbonyl (C=O) groups excluding carboxylic acids is 2. The molecule has 0 bridgehead atoms. The lowest BCUT2D eigenvalue weighted by Crippen LogP contribution is -2.40. The molecule has 2 amide bonds. The highest BCUT2D eigenvalue weighted by atomic mass is 32.1. The Labute approximate surface area is 150 Å². The summed E-state index contributed by atoms with van der Waals surface area (Å²) in [5, 5.41) is 0. The molecule has 1 aromatic heterocycles. The van der Waals surface area contributed by atoms with E-state index in [9.17, 15) is 9.59 Å². The van der Waals surface area contributed by atoms with Gasteiger partial charge in [-0.15, -0.1) is 11.3 Å². The Hall–Kier alpha value is -2.18. The van der Waals surface area contributed by atoms with E-state index < -0.39 is 0 Å². The van der Waals surface area contributed by atoms with Crippen molar-refractivity contribution >= 4 is 23.2 Å². The van der Waals surface area contributed by atoms with Crippen molar-refractivity contribution in [3.05, 3.63) is 57.3 Å². The number of morpholine rings is 1. The van der Waals surface area contributed by atoms with Crippen molar-refractivity contribution in [2.24, 2.45) is 0 Å². The first-order valence-electron chi connectivity index (χ1n) is 8.55. The Morgan fingerprint density at radius 2 is 1.72 bits per heavy atom. The number of thiophene rings is 1. The maximum absolute atomic E-state index is 12.7. The summed E-state index contributed by atoms with van der Waals surface area (Å²) < 4.78 is 5.31. The summed E-state index contributed by atoms with van der Waals surface area (Å²) in [6, 6.07) is 11.3. The number of amides is 2. The van der Waals surface area contributed by atoms with Crippen molar-refractivity contribution in [1.29, 1.82) is 0 Å². The van der Waals surface area contributed by atoms with Crippen molar-refractivity contribution < 1.29 is 14.3 Å². The molecule has 1 fully saturated rings. The number of hydrogen-bond donors (Lipinski definition) is 0. The molecule has 3 heterocycles. The van der Waals surface area contributed by atoms with Crippen LogP contribution in [0.4, 0.5) is 0 Å². The minimum absolute atomic E-state index is 0.0542. The minimum atomic E-state index is 0.0542. The van der Waals surface area contributed by atoms with Gasteiger partial charge < -0.3 is 14.5 Å². The van der Waals surface area contributed by atoms with Crippen LogP contribution in [0.15, 0.2) is 36.4 Å². The van der Waals surface area contributed by atoms with E-state index in [1.54, 1.807) is 11.3 Å². The number of rotatable bonds is 2. The Bertz CT molecular complexity index is 781. The molecular formula is C19H20N2O3S. The molecule has 2 aliphatic rings. The number of benzene rings is 1. The summed E-state index contributed by atoms with van der Waals surface area (Å²) in [5.41, 5.74) is 1.82. The molecule has 2 aromatic rings. The quantitative estimate of drug-likeness (QED) is 0.830. The van der Waals surface area contributed by atoms with Crippen LogP contribution in [0.1, 0.15) is 30.5 Å². The van der Waals surface area contributed by atoms with E-state index in [-0.39, 0.29) is 11.8 Å². The van der Waals surface area contributed by atoms with Crippen LogP contribution >= 0.6 is 11.3 Å². The molecule has 25 heavy (non-hydrogen) atoms. The number of carbonyl (C=O) groups is 2. The first kappa shape index (κ1) is 16.3. The van der Waals surface area contributed by atoms with Crippen LogP contribution in [0.25, 0.3) is 0 Å². The topological polar surface area (TPSA) is 49.9 Å². The average molecular weight is 356 g/mol. The molecule has 1 aromatic carbocycles. The number of ether oxygens (including phenoxy) is 1. The minimum Gasteiger partial charge on any atom is -0.378 e. The molecule has 0 aliphatic carbocycles. The first-order chi connectivity index (χ1) is 12.2. The van der Waals surface area contributed by atoms with Crippen molar-refractivity contribution in [3.63, 3.8) is 0 Å². The zero-order valence-corrected chi connectivity index (χ0v) is 14.8. The highest BCUT2D eigenvalue weighted by molar-refractivity contribution is 7.14. The summed E-state index contributed by atoms with van der Waals surface area (Å²) in [5.74, 6) is 0.141. The van der Waals surface area contributed by atoms with Gasteiger partial charge in [-0.25, -0.2) is 0 Å². The molecular weight excluding hydrogens is 336 g/mol. The molecule has 0 radical (unpaired) electrons. The van der Waals surface area contributed by atoms with Gasteiger partial charge in [0.2, 0.25) is 0 Å². The van der Waals surface area contributed by atoms with Crippen molar-refractivity contribution in [2.75, 3.05) is 32.8 Å². The van der Waals surface area contributed by atoms with Gasteiger partial charge in [-0.2, -0.15) is 0 Å². The first-order valence-corrected chi connectivity index (χ1v) is 9.37. The van der Waals surface area contributed by atoms with Crippen LogP contribution in [-0.2, 0) is 17.7 Å². The van der Waals surface area contributed by atoms with Crippen molar-refractivity contribution in [1.82, 2.24) is 9.80 Å². The van der Waals surface area contributed by atoms with E-state index >= 15 is 0 Å². The molecule has 0 atom stereocenters. The smallest absolute Gasteiger partial charge is 0.264 e. The summed E-state index contributed by atoms with van der Waals surface area (Å²) in [7, 11) is 0. The molecule has 5 nitrogen and oxygen atoms in total. The van der Waals surface area contributed by atoms with E-state index in [2.05, 4.69) is 0 Å². The van der Waals surface area contributed by atoms with E-state index in [4.69, 9.17) is 4.74 Å². The molecule has 6 heteroatoms. The standard InChI is InChI=1S/C19H20N2O3S/c22-18(14-4-2-1-3-5-14)21-7-6-16-15(13-21)12-17(25-16)19(23)20-8-10-24-11-9-20/h1-5,12H,6-11,13H2. The second-order valence-electron chi connectivity index (χ2n) is 6.31. The fourth-order valence-electron chi connectivity index (χ4n) is 3.30. The van der Waals surface area contributed by atoms with Crippen LogP contribution in [0.3, 0.4) is 0 Å². The molecule has 4 rings (SSSR count). The van der Waals surface area contributed by atoms with Crippen LogP contribution in [0.2, 0.25) is 0 Å². The van der Waals surface area contributed by atoms with E-state index in [1.165, 1.54) is 4.88 Å². The average Bonchev–Trinajstić information content (AvgIpc) is 3.11. The molecule has 0 unspecified atom stereocenters. The third-order valence-electron chi connectivity index (χ3n) is 4.68. The molecule has 0 spiro atoms. The molecule has 130 valence electrons. The van der Waals surface area contributed by atoms with Gasteiger partial charge in [-0.3, -0.25) is 9.59 Å². The molecule has 2 aliphatic heterocycles. The largest absolute Gasteiger partial charge is 0.378 e. The summed E-state index contributed by atoms with van der Waals surface area (Å²) in [4.78, 5) is 31.0. The predicted octanol–water partition coefficient (Wildman–Crippen LogP) is 2.42. The highest BCUT2D eigenvalue weighted by Crippen LogP contribution is 2.29.